The number of carbonyl (C=O) groups is 1. The molecule has 0 aliphatic carbocycles. The molecule has 1 aromatic rings. The van der Waals surface area contributed by atoms with Crippen LogP contribution in [0.25, 0.3) is 0 Å². The van der Waals surface area contributed by atoms with Gasteiger partial charge < -0.3 is 19.9 Å². The topological polar surface area (TPSA) is 67.8 Å². The first-order chi connectivity index (χ1) is 11.0. The number of nitrogens with one attached hydrogen (secondary N) is 1. The maximum atomic E-state index is 12.2. The van der Waals surface area contributed by atoms with Gasteiger partial charge in [0, 0.05) is 0 Å². The van der Waals surface area contributed by atoms with Crippen LogP contribution in [-0.4, -0.2) is 29.5 Å². The average molecular weight is 345 g/mol. The number of hydrogen-bond acceptors (Lipinski definition) is 4. The fourth-order valence-electron chi connectivity index (χ4n) is 2.11. The summed E-state index contributed by atoms with van der Waals surface area (Å²) in [5.41, 5.74) is -0.170. The number of hydrogen-bond donors (Lipinski definition) is 2. The van der Waals surface area contributed by atoms with Crippen molar-refractivity contribution in [2.75, 3.05) is 0 Å². The van der Waals surface area contributed by atoms with Crippen LogP contribution >= 0.6 is 0 Å². The van der Waals surface area contributed by atoms with Crippen LogP contribution in [0, 0.1) is 5.92 Å². The van der Waals surface area contributed by atoms with Crippen molar-refractivity contribution in [3.63, 3.8) is 0 Å². The van der Waals surface area contributed by atoms with E-state index in [0.29, 0.717) is 5.56 Å². The lowest BCUT2D eigenvalue weighted by Gasteiger charge is -2.29. The minimum atomic E-state index is -2.90. The molecule has 2 atom stereocenters. The molecular formula is C17H25F2NO4. The van der Waals surface area contributed by atoms with Crippen LogP contribution in [0.2, 0.25) is 0 Å². The van der Waals surface area contributed by atoms with E-state index in [-0.39, 0.29) is 11.7 Å². The van der Waals surface area contributed by atoms with Crippen LogP contribution in [-0.2, 0) is 4.74 Å². The number of ether oxygens (including phenoxy) is 2. The van der Waals surface area contributed by atoms with Gasteiger partial charge >= 0.3 is 12.7 Å². The summed E-state index contributed by atoms with van der Waals surface area (Å²) in [7, 11) is 0. The summed E-state index contributed by atoms with van der Waals surface area (Å²) in [6.45, 7) is 6.02. The first-order valence-electron chi connectivity index (χ1n) is 7.72. The van der Waals surface area contributed by atoms with E-state index in [9.17, 15) is 18.7 Å². The molecule has 1 aromatic carbocycles. The predicted octanol–water partition coefficient (Wildman–Crippen LogP) is 3.87. The van der Waals surface area contributed by atoms with Gasteiger partial charge in [0.1, 0.15) is 11.4 Å². The summed E-state index contributed by atoms with van der Waals surface area (Å²) in [4.78, 5) is 11.9. The average Bonchev–Trinajstić information content (AvgIpc) is 2.42. The third-order valence-corrected chi connectivity index (χ3v) is 3.19. The monoisotopic (exact) mass is 345 g/mol. The van der Waals surface area contributed by atoms with E-state index in [1.54, 1.807) is 20.8 Å². The zero-order chi connectivity index (χ0) is 18.5. The van der Waals surface area contributed by atoms with Crippen LogP contribution in [0.15, 0.2) is 24.3 Å². The normalized spacial score (nSPS) is 14.4. The zero-order valence-corrected chi connectivity index (χ0v) is 14.5. The summed E-state index contributed by atoms with van der Waals surface area (Å²) in [5.74, 6) is -0.0772. The van der Waals surface area contributed by atoms with Crippen molar-refractivity contribution in [1.82, 2.24) is 5.32 Å². The number of amides is 1. The molecule has 0 bridgehead atoms. The molecule has 0 aliphatic heterocycles. The predicted molar refractivity (Wildman–Crippen MR) is 86.0 cm³/mol. The molecule has 0 unspecified atom stereocenters. The minimum Gasteiger partial charge on any atom is -0.444 e. The van der Waals surface area contributed by atoms with Gasteiger partial charge in [0.15, 0.2) is 0 Å². The molecule has 0 spiro atoms. The lowest BCUT2D eigenvalue weighted by molar-refractivity contribution is -0.0498. The molecule has 0 aromatic heterocycles. The number of halogens is 2. The molecule has 5 nitrogen and oxygen atoms in total. The number of carbonyl (C=O) groups excluding carboxylic acids is 1. The van der Waals surface area contributed by atoms with Gasteiger partial charge in [0.05, 0.1) is 12.1 Å². The van der Waals surface area contributed by atoms with Crippen LogP contribution in [0.5, 0.6) is 5.75 Å². The van der Waals surface area contributed by atoms with Gasteiger partial charge in [0.25, 0.3) is 0 Å². The van der Waals surface area contributed by atoms with Crippen molar-refractivity contribution < 1.29 is 28.2 Å². The van der Waals surface area contributed by atoms with Crippen LogP contribution in [0.1, 0.15) is 46.3 Å². The molecule has 24 heavy (non-hydrogen) atoms. The lowest BCUT2D eigenvalue weighted by Crippen LogP contribution is -2.45. The van der Waals surface area contributed by atoms with Crippen molar-refractivity contribution >= 4 is 6.09 Å². The third kappa shape index (κ3) is 6.70. The van der Waals surface area contributed by atoms with E-state index < -0.39 is 30.5 Å². The number of aliphatic hydroxyl groups is 1. The van der Waals surface area contributed by atoms with E-state index in [0.717, 1.165) is 0 Å². The Morgan fingerprint density at radius 1 is 1.17 bits per heavy atom. The summed E-state index contributed by atoms with van der Waals surface area (Å²) in [6, 6.07) is 5.05. The number of alkyl carbamates (subject to hydrolysis) is 1. The van der Waals surface area contributed by atoms with E-state index in [1.807, 2.05) is 13.8 Å². The summed E-state index contributed by atoms with van der Waals surface area (Å²) in [5, 5.41) is 13.2. The fraction of sp³-hybridized carbons (Fsp3) is 0.588. The number of aliphatic hydroxyl groups excluding tert-OH is 1. The second-order valence-corrected chi connectivity index (χ2v) is 6.81. The van der Waals surface area contributed by atoms with Gasteiger partial charge in [-0.05, 0) is 44.4 Å². The first-order valence-corrected chi connectivity index (χ1v) is 7.72. The van der Waals surface area contributed by atoms with E-state index in [4.69, 9.17) is 4.74 Å². The second kappa shape index (κ2) is 8.28. The molecule has 0 saturated heterocycles. The second-order valence-electron chi connectivity index (χ2n) is 6.81. The van der Waals surface area contributed by atoms with Crippen molar-refractivity contribution in [2.45, 2.75) is 59.0 Å². The first kappa shape index (κ1) is 20.2. The standard InChI is InChI=1S/C17H25F2NO4/c1-10(2)13(20-16(22)24-17(3,4)5)14(21)11-6-8-12(9-7-11)23-15(18)19/h6-10,13-15,21H,1-5H3,(H,20,22)/t13-,14+/m0/s1. The smallest absolute Gasteiger partial charge is 0.407 e. The highest BCUT2D eigenvalue weighted by atomic mass is 19.3. The molecule has 7 heteroatoms. The molecule has 0 saturated carbocycles. The van der Waals surface area contributed by atoms with Gasteiger partial charge in [-0.3, -0.25) is 0 Å². The Kier molecular flexibility index (Phi) is 6.95. The molecule has 1 amide bonds. The number of alkyl halides is 2. The SMILES string of the molecule is CC(C)[C@H](NC(=O)OC(C)(C)C)[C@H](O)c1ccc(OC(F)F)cc1. The van der Waals surface area contributed by atoms with Crippen LogP contribution < -0.4 is 10.1 Å². The Morgan fingerprint density at radius 2 is 1.71 bits per heavy atom. The van der Waals surface area contributed by atoms with E-state index in [1.165, 1.54) is 24.3 Å². The molecule has 136 valence electrons. The Hall–Kier alpha value is -1.89. The van der Waals surface area contributed by atoms with Crippen LogP contribution in [0.3, 0.4) is 0 Å². The Bertz CT molecular complexity index is 526. The largest absolute Gasteiger partial charge is 0.444 e. The molecular weight excluding hydrogens is 320 g/mol. The van der Waals surface area contributed by atoms with Gasteiger partial charge in [0.2, 0.25) is 0 Å². The van der Waals surface area contributed by atoms with Gasteiger partial charge in [-0.1, -0.05) is 26.0 Å². The molecule has 0 fully saturated rings. The number of rotatable bonds is 6. The van der Waals surface area contributed by atoms with Crippen molar-refractivity contribution in [1.29, 1.82) is 0 Å². The Labute approximate surface area is 141 Å². The quantitative estimate of drug-likeness (QED) is 0.821. The maximum Gasteiger partial charge on any atom is 0.407 e. The van der Waals surface area contributed by atoms with Crippen LogP contribution in [0.4, 0.5) is 13.6 Å². The third-order valence-electron chi connectivity index (χ3n) is 3.19. The highest BCUT2D eigenvalue weighted by Gasteiger charge is 2.28. The Balaban J connectivity index is 2.82. The summed E-state index contributed by atoms with van der Waals surface area (Å²) < 4.78 is 33.8. The minimum absolute atomic E-state index is 0.00199. The maximum absolute atomic E-state index is 12.2. The van der Waals surface area contributed by atoms with Gasteiger partial charge in [-0.15, -0.1) is 0 Å². The molecule has 1 rings (SSSR count). The van der Waals surface area contributed by atoms with Crippen molar-refractivity contribution in [3.8, 4) is 5.75 Å². The highest BCUT2D eigenvalue weighted by molar-refractivity contribution is 5.68. The molecule has 0 radical (unpaired) electrons. The van der Waals surface area contributed by atoms with Gasteiger partial charge in [-0.25, -0.2) is 4.79 Å². The highest BCUT2D eigenvalue weighted by Crippen LogP contribution is 2.25. The molecule has 0 aliphatic rings. The summed E-state index contributed by atoms with van der Waals surface area (Å²) in [6.07, 6.45) is -1.64. The van der Waals surface area contributed by atoms with Gasteiger partial charge in [-0.2, -0.15) is 8.78 Å². The number of benzene rings is 1. The molecule has 0 heterocycles. The van der Waals surface area contributed by atoms with Crippen molar-refractivity contribution in [3.05, 3.63) is 29.8 Å². The summed E-state index contributed by atoms with van der Waals surface area (Å²) >= 11 is 0. The molecule has 2 N–H and O–H groups in total. The lowest BCUT2D eigenvalue weighted by atomic mass is 9.93. The van der Waals surface area contributed by atoms with E-state index in [2.05, 4.69) is 10.1 Å². The fourth-order valence-corrected chi connectivity index (χ4v) is 2.11. The Morgan fingerprint density at radius 3 is 2.12 bits per heavy atom. The van der Waals surface area contributed by atoms with Crippen molar-refractivity contribution in [2.24, 2.45) is 5.92 Å². The van der Waals surface area contributed by atoms with E-state index >= 15 is 0 Å². The zero-order valence-electron chi connectivity index (χ0n) is 14.5.